The molecule has 0 saturated carbocycles. The van der Waals surface area contributed by atoms with Crippen molar-refractivity contribution in [3.8, 4) is 11.5 Å². The number of ether oxygens (including phenoxy) is 1. The van der Waals surface area contributed by atoms with Crippen LogP contribution in [0.2, 0.25) is 4.47 Å². The zero-order chi connectivity index (χ0) is 18.7. The Morgan fingerprint density at radius 2 is 1.77 bits per heavy atom. The van der Waals surface area contributed by atoms with Crippen molar-refractivity contribution in [2.75, 3.05) is 5.32 Å². The van der Waals surface area contributed by atoms with E-state index >= 15 is 0 Å². The van der Waals surface area contributed by atoms with Crippen molar-refractivity contribution in [2.24, 2.45) is 0 Å². The van der Waals surface area contributed by atoms with Gasteiger partial charge in [-0.1, -0.05) is 11.6 Å². The molecule has 1 N–H and O–H groups in total. The van der Waals surface area contributed by atoms with Crippen LogP contribution in [0.1, 0.15) is 10.4 Å². The lowest BCUT2D eigenvalue weighted by Crippen LogP contribution is -2.10. The molecule has 2 aromatic carbocycles. The predicted octanol–water partition coefficient (Wildman–Crippen LogP) is 6.36. The molecule has 0 aliphatic carbocycles. The normalized spacial score (nSPS) is 11.4. The summed E-state index contributed by atoms with van der Waals surface area (Å²) in [5, 5.41) is 2.73. The fourth-order valence-electron chi connectivity index (χ4n) is 2.16. The summed E-state index contributed by atoms with van der Waals surface area (Å²) < 4.78 is 58.7. The lowest BCUT2D eigenvalue weighted by Gasteiger charge is -2.16. The minimum absolute atomic E-state index is 0.00434. The van der Waals surface area contributed by atoms with Gasteiger partial charge in [-0.15, -0.1) is 11.3 Å². The highest BCUT2D eigenvalue weighted by Gasteiger charge is 2.34. The smallest absolute Gasteiger partial charge is 0.418 e. The molecular weight excluding hydrogens is 392 g/mol. The SMILES string of the molecule is Fc1ccc(Oc2ccc(NCc3cnc(Cl)s3)c(C(F)(F)F)c2)cc1. The number of benzene rings is 2. The van der Waals surface area contributed by atoms with E-state index < -0.39 is 17.6 Å². The maximum absolute atomic E-state index is 13.4. The molecule has 0 amide bonds. The number of halogens is 5. The van der Waals surface area contributed by atoms with Gasteiger partial charge in [0, 0.05) is 16.8 Å². The number of rotatable bonds is 5. The summed E-state index contributed by atoms with van der Waals surface area (Å²) in [6, 6.07) is 8.58. The summed E-state index contributed by atoms with van der Waals surface area (Å²) in [4.78, 5) is 4.55. The Hall–Kier alpha value is -2.32. The second kappa shape index (κ2) is 7.51. The summed E-state index contributed by atoms with van der Waals surface area (Å²) in [6.45, 7) is 0.158. The van der Waals surface area contributed by atoms with Gasteiger partial charge in [-0.3, -0.25) is 0 Å². The first kappa shape index (κ1) is 18.5. The van der Waals surface area contributed by atoms with Gasteiger partial charge in [0.2, 0.25) is 0 Å². The summed E-state index contributed by atoms with van der Waals surface area (Å²) in [5.41, 5.74) is -0.957. The van der Waals surface area contributed by atoms with Gasteiger partial charge in [-0.2, -0.15) is 13.2 Å². The van der Waals surface area contributed by atoms with E-state index in [0.717, 1.165) is 18.2 Å². The Morgan fingerprint density at radius 1 is 1.08 bits per heavy atom. The molecule has 0 aliphatic rings. The van der Waals surface area contributed by atoms with Crippen LogP contribution in [0.4, 0.5) is 23.2 Å². The molecular formula is C17H11ClF4N2OS. The van der Waals surface area contributed by atoms with E-state index in [4.69, 9.17) is 16.3 Å². The summed E-state index contributed by atoms with van der Waals surface area (Å²) in [7, 11) is 0. The van der Waals surface area contributed by atoms with E-state index in [0.29, 0.717) is 9.34 Å². The second-order valence-electron chi connectivity index (χ2n) is 5.19. The van der Waals surface area contributed by atoms with Crippen molar-refractivity contribution in [3.05, 3.63) is 69.4 Å². The molecule has 26 heavy (non-hydrogen) atoms. The van der Waals surface area contributed by atoms with E-state index in [2.05, 4.69) is 10.3 Å². The van der Waals surface area contributed by atoms with Gasteiger partial charge < -0.3 is 10.1 Å². The van der Waals surface area contributed by atoms with Crippen molar-refractivity contribution in [2.45, 2.75) is 12.7 Å². The van der Waals surface area contributed by atoms with E-state index in [1.54, 1.807) is 0 Å². The van der Waals surface area contributed by atoms with E-state index in [1.807, 2.05) is 0 Å². The highest BCUT2D eigenvalue weighted by atomic mass is 35.5. The quantitative estimate of drug-likeness (QED) is 0.504. The summed E-state index contributed by atoms with van der Waals surface area (Å²) >= 11 is 6.89. The number of nitrogens with zero attached hydrogens (tertiary/aromatic N) is 1. The van der Waals surface area contributed by atoms with Crippen molar-refractivity contribution in [3.63, 3.8) is 0 Å². The topological polar surface area (TPSA) is 34.1 Å². The fraction of sp³-hybridized carbons (Fsp3) is 0.118. The Morgan fingerprint density at radius 3 is 2.38 bits per heavy atom. The average molecular weight is 403 g/mol. The molecule has 0 radical (unpaired) electrons. The van der Waals surface area contributed by atoms with Gasteiger partial charge in [0.05, 0.1) is 12.1 Å². The highest BCUT2D eigenvalue weighted by molar-refractivity contribution is 7.15. The Labute approximate surface area is 155 Å². The maximum Gasteiger partial charge on any atom is 0.418 e. The van der Waals surface area contributed by atoms with Crippen LogP contribution in [0, 0.1) is 5.82 Å². The molecule has 0 saturated heterocycles. The largest absolute Gasteiger partial charge is 0.457 e. The Bertz CT molecular complexity index is 897. The third-order valence-corrected chi connectivity index (χ3v) is 4.44. The number of hydrogen-bond donors (Lipinski definition) is 1. The van der Waals surface area contributed by atoms with Crippen LogP contribution in [0.5, 0.6) is 11.5 Å². The van der Waals surface area contributed by atoms with Crippen molar-refractivity contribution < 1.29 is 22.3 Å². The zero-order valence-corrected chi connectivity index (χ0v) is 14.6. The van der Waals surface area contributed by atoms with Gasteiger partial charge >= 0.3 is 6.18 Å². The van der Waals surface area contributed by atoms with Crippen molar-refractivity contribution in [1.29, 1.82) is 0 Å². The zero-order valence-electron chi connectivity index (χ0n) is 13.0. The van der Waals surface area contributed by atoms with Crippen LogP contribution in [0.15, 0.2) is 48.7 Å². The van der Waals surface area contributed by atoms with Crippen LogP contribution < -0.4 is 10.1 Å². The predicted molar refractivity (Wildman–Crippen MR) is 92.4 cm³/mol. The van der Waals surface area contributed by atoms with Crippen molar-refractivity contribution in [1.82, 2.24) is 4.98 Å². The molecule has 0 aliphatic heterocycles. The molecule has 1 aromatic heterocycles. The molecule has 0 fully saturated rings. The van der Waals surface area contributed by atoms with Gasteiger partial charge in [0.15, 0.2) is 4.47 Å². The number of alkyl halides is 3. The second-order valence-corrected chi connectivity index (χ2v) is 6.89. The Balaban J connectivity index is 1.82. The minimum atomic E-state index is -4.57. The van der Waals surface area contributed by atoms with Crippen molar-refractivity contribution >= 4 is 28.6 Å². The Kier molecular flexibility index (Phi) is 5.33. The lowest BCUT2D eigenvalue weighted by molar-refractivity contribution is -0.137. The number of aromatic nitrogens is 1. The van der Waals surface area contributed by atoms with E-state index in [9.17, 15) is 17.6 Å². The van der Waals surface area contributed by atoms with E-state index in [1.165, 1.54) is 41.8 Å². The molecule has 0 spiro atoms. The first-order chi connectivity index (χ1) is 12.3. The first-order valence-electron chi connectivity index (χ1n) is 7.30. The number of anilines is 1. The van der Waals surface area contributed by atoms with Crippen LogP contribution >= 0.6 is 22.9 Å². The third kappa shape index (κ3) is 4.64. The molecule has 136 valence electrons. The number of hydrogen-bond acceptors (Lipinski definition) is 4. The average Bonchev–Trinajstić information content (AvgIpc) is 3.00. The third-order valence-electron chi connectivity index (χ3n) is 3.32. The van der Waals surface area contributed by atoms with Gasteiger partial charge in [-0.25, -0.2) is 9.37 Å². The fourth-order valence-corrected chi connectivity index (χ4v) is 3.08. The molecule has 3 nitrogen and oxygen atoms in total. The molecule has 1 heterocycles. The standard InChI is InChI=1S/C17H11ClF4N2OS/c18-16-24-9-13(26-16)8-23-15-6-5-12(7-14(15)17(20,21)22)25-11-3-1-10(19)2-4-11/h1-7,9,23H,8H2. The monoisotopic (exact) mass is 402 g/mol. The van der Waals surface area contributed by atoms with Crippen LogP contribution in [-0.4, -0.2) is 4.98 Å². The van der Waals surface area contributed by atoms with Gasteiger partial charge in [0.1, 0.15) is 17.3 Å². The molecule has 3 aromatic rings. The maximum atomic E-state index is 13.4. The molecule has 0 bridgehead atoms. The number of thiazole rings is 1. The molecule has 3 rings (SSSR count). The van der Waals surface area contributed by atoms with Crippen LogP contribution in [0.25, 0.3) is 0 Å². The molecule has 9 heteroatoms. The van der Waals surface area contributed by atoms with Crippen LogP contribution in [-0.2, 0) is 12.7 Å². The minimum Gasteiger partial charge on any atom is -0.457 e. The highest BCUT2D eigenvalue weighted by Crippen LogP contribution is 2.38. The lowest BCUT2D eigenvalue weighted by atomic mass is 10.1. The summed E-state index contributed by atoms with van der Waals surface area (Å²) in [5.74, 6) is -0.231. The van der Waals surface area contributed by atoms with Crippen LogP contribution in [0.3, 0.4) is 0 Å². The van der Waals surface area contributed by atoms with Gasteiger partial charge in [-0.05, 0) is 42.5 Å². The van der Waals surface area contributed by atoms with Gasteiger partial charge in [0.25, 0.3) is 0 Å². The summed E-state index contributed by atoms with van der Waals surface area (Å²) in [6.07, 6.45) is -3.07. The number of nitrogens with one attached hydrogen (secondary N) is 1. The first-order valence-corrected chi connectivity index (χ1v) is 8.49. The molecule has 0 unspecified atom stereocenters. The van der Waals surface area contributed by atoms with E-state index in [-0.39, 0.29) is 23.7 Å². The molecule has 0 atom stereocenters.